The molecule has 0 spiro atoms. The Balaban J connectivity index is 4.35. The van der Waals surface area contributed by atoms with Gasteiger partial charge in [-0.15, -0.1) is 6.58 Å². The fourth-order valence-corrected chi connectivity index (χ4v) is 6.91. The molecule has 0 amide bonds. The van der Waals surface area contributed by atoms with Crippen molar-refractivity contribution in [1.29, 1.82) is 0 Å². The molecule has 6 nitrogen and oxygen atoms in total. The molecule has 51 heavy (non-hydrogen) atoms. The van der Waals surface area contributed by atoms with Crippen LogP contribution in [0.4, 0.5) is 0 Å². The Morgan fingerprint density at radius 2 is 0.725 bits per heavy atom. The van der Waals surface area contributed by atoms with E-state index in [0.29, 0.717) is 64.2 Å². The smallest absolute Gasteiger partial charge is 0.0800 e. The van der Waals surface area contributed by atoms with Crippen LogP contribution in [0.5, 0.6) is 0 Å². The van der Waals surface area contributed by atoms with Crippen molar-refractivity contribution in [3.63, 3.8) is 0 Å². The van der Waals surface area contributed by atoms with Crippen molar-refractivity contribution < 1.29 is 30.6 Å². The van der Waals surface area contributed by atoms with Gasteiger partial charge in [-0.25, -0.2) is 0 Å². The molecule has 0 aromatic heterocycles. The van der Waals surface area contributed by atoms with Crippen molar-refractivity contribution >= 4 is 0 Å². The zero-order valence-electron chi connectivity index (χ0n) is 35.0. The Labute approximate surface area is 315 Å². The quantitative estimate of drug-likeness (QED) is 0.0411. The van der Waals surface area contributed by atoms with E-state index in [1.54, 1.807) is 13.0 Å². The Morgan fingerprint density at radius 3 is 1.10 bits per heavy atom. The second kappa shape index (κ2) is 23.5. The van der Waals surface area contributed by atoms with Gasteiger partial charge in [0.1, 0.15) is 0 Å². The van der Waals surface area contributed by atoms with Crippen LogP contribution >= 0.6 is 0 Å². The number of hydrogen-bond acceptors (Lipinski definition) is 6. The lowest BCUT2D eigenvalue weighted by atomic mass is 9.84. The second-order valence-corrected chi connectivity index (χ2v) is 18.3. The van der Waals surface area contributed by atoms with E-state index in [1.165, 1.54) is 16.7 Å². The zero-order chi connectivity index (χ0) is 39.4. The third-order valence-electron chi connectivity index (χ3n) is 10.9. The van der Waals surface area contributed by atoms with Crippen molar-refractivity contribution in [2.45, 2.75) is 238 Å². The van der Waals surface area contributed by atoms with Crippen molar-refractivity contribution in [3.05, 3.63) is 47.6 Å². The van der Waals surface area contributed by atoms with Crippen LogP contribution in [-0.4, -0.2) is 64.2 Å². The highest BCUT2D eigenvalue weighted by molar-refractivity contribution is 5.05. The van der Waals surface area contributed by atoms with Crippen LogP contribution in [0.1, 0.15) is 204 Å². The van der Waals surface area contributed by atoms with E-state index in [2.05, 4.69) is 52.5 Å². The van der Waals surface area contributed by atoms with E-state index < -0.39 is 33.6 Å². The average molecular weight is 721 g/mol. The van der Waals surface area contributed by atoms with Crippen molar-refractivity contribution in [2.24, 2.45) is 0 Å². The molecular weight excluding hydrogens is 636 g/mol. The lowest BCUT2D eigenvalue weighted by Gasteiger charge is -2.30. The summed E-state index contributed by atoms with van der Waals surface area (Å²) in [6.45, 7) is 23.3. The van der Waals surface area contributed by atoms with E-state index in [4.69, 9.17) is 0 Å². The molecule has 6 N–H and O–H groups in total. The summed E-state index contributed by atoms with van der Waals surface area (Å²) in [4.78, 5) is 0. The van der Waals surface area contributed by atoms with Crippen molar-refractivity contribution in [3.8, 4) is 0 Å². The molecule has 0 aliphatic heterocycles. The van der Waals surface area contributed by atoms with E-state index in [0.717, 1.165) is 70.6 Å². The van der Waals surface area contributed by atoms with Gasteiger partial charge in [0, 0.05) is 0 Å². The van der Waals surface area contributed by atoms with Crippen LogP contribution in [0.2, 0.25) is 0 Å². The van der Waals surface area contributed by atoms with Gasteiger partial charge in [-0.2, -0.15) is 0 Å². The minimum absolute atomic E-state index is 0.596. The minimum Gasteiger partial charge on any atom is -0.390 e. The molecule has 6 unspecified atom stereocenters. The summed E-state index contributed by atoms with van der Waals surface area (Å²) in [5, 5.41) is 64.6. The Morgan fingerprint density at radius 1 is 0.412 bits per heavy atom. The Kier molecular flexibility index (Phi) is 22.9. The van der Waals surface area contributed by atoms with E-state index in [1.807, 2.05) is 34.6 Å². The molecule has 0 saturated heterocycles. The molecule has 6 atom stereocenters. The molecular formula is C45H84O6. The maximum atomic E-state index is 11.0. The maximum Gasteiger partial charge on any atom is 0.0800 e. The van der Waals surface area contributed by atoms with Crippen LogP contribution in [-0.2, 0) is 0 Å². The van der Waals surface area contributed by atoms with Crippen LogP contribution in [0, 0.1) is 0 Å². The lowest BCUT2D eigenvalue weighted by Crippen LogP contribution is -2.30. The van der Waals surface area contributed by atoms with Gasteiger partial charge in [0.05, 0.1) is 33.6 Å². The van der Waals surface area contributed by atoms with Crippen molar-refractivity contribution in [1.82, 2.24) is 0 Å². The molecule has 0 bridgehead atoms. The van der Waals surface area contributed by atoms with Gasteiger partial charge in [-0.3, -0.25) is 0 Å². The fraction of sp³-hybridized carbons (Fsp3) is 0.822. The summed E-state index contributed by atoms with van der Waals surface area (Å²) in [7, 11) is 0. The molecule has 0 aromatic rings. The van der Waals surface area contributed by atoms with E-state index >= 15 is 0 Å². The van der Waals surface area contributed by atoms with Gasteiger partial charge in [0.15, 0.2) is 0 Å². The highest BCUT2D eigenvalue weighted by Crippen LogP contribution is 2.31. The molecule has 0 aromatic carbocycles. The highest BCUT2D eigenvalue weighted by atomic mass is 16.3. The summed E-state index contributed by atoms with van der Waals surface area (Å²) < 4.78 is 0. The van der Waals surface area contributed by atoms with E-state index in [-0.39, 0.29) is 0 Å². The zero-order valence-corrected chi connectivity index (χ0v) is 35.0. The van der Waals surface area contributed by atoms with Gasteiger partial charge in [-0.1, -0.05) is 41.0 Å². The normalized spacial score (nSPS) is 19.9. The van der Waals surface area contributed by atoms with Gasteiger partial charge in [0.2, 0.25) is 0 Å². The maximum absolute atomic E-state index is 11.0. The summed E-state index contributed by atoms with van der Waals surface area (Å²) in [5.41, 5.74) is -0.834. The third kappa shape index (κ3) is 28.8. The van der Waals surface area contributed by atoms with Gasteiger partial charge in [-0.05, 0) is 204 Å². The summed E-state index contributed by atoms with van der Waals surface area (Å²) in [6.07, 6.45) is 23.9. The Hall–Kier alpha value is -1.28. The summed E-state index contributed by atoms with van der Waals surface area (Å²) >= 11 is 0. The van der Waals surface area contributed by atoms with Crippen LogP contribution in [0.3, 0.4) is 0 Å². The molecule has 0 fully saturated rings. The minimum atomic E-state index is -0.846. The molecule has 0 radical (unpaired) electrons. The van der Waals surface area contributed by atoms with Gasteiger partial charge >= 0.3 is 0 Å². The first-order valence-electron chi connectivity index (χ1n) is 20.2. The first-order chi connectivity index (χ1) is 23.3. The predicted octanol–water partition coefficient (Wildman–Crippen LogP) is 10.7. The highest BCUT2D eigenvalue weighted by Gasteiger charge is 2.28. The largest absolute Gasteiger partial charge is 0.390 e. The monoisotopic (exact) mass is 721 g/mol. The lowest BCUT2D eigenvalue weighted by molar-refractivity contribution is -0.00580. The van der Waals surface area contributed by atoms with Crippen LogP contribution < -0.4 is 0 Å². The Bertz CT molecular complexity index is 1050. The van der Waals surface area contributed by atoms with Crippen molar-refractivity contribution in [2.75, 3.05) is 0 Å². The first kappa shape index (κ1) is 49.7. The topological polar surface area (TPSA) is 121 Å². The third-order valence-corrected chi connectivity index (χ3v) is 10.9. The predicted molar refractivity (Wildman–Crippen MR) is 218 cm³/mol. The number of allylic oxidation sites excluding steroid dienone is 6. The SMILES string of the molecule is C=CC(C)(O)CCC=C(C)CCC=C(C)CCCC(C)(O)CCCC(C)(O)CCCC(C)(O)CCCC(C)(O)CCCC(C)(O)CCC=C(C)C. The molecule has 0 aliphatic rings. The molecule has 6 heteroatoms. The van der Waals surface area contributed by atoms with Crippen LogP contribution in [0.25, 0.3) is 0 Å². The molecule has 0 rings (SSSR count). The molecule has 0 heterocycles. The molecule has 300 valence electrons. The molecule has 0 saturated carbocycles. The van der Waals surface area contributed by atoms with Crippen LogP contribution in [0.15, 0.2) is 47.6 Å². The number of hydrogen-bond donors (Lipinski definition) is 6. The first-order valence-corrected chi connectivity index (χ1v) is 20.2. The number of aliphatic hydroxyl groups is 6. The summed E-state index contributed by atoms with van der Waals surface area (Å²) in [6, 6.07) is 0. The standard InChI is InChI=1S/C45H84O6/c1-12-40(6,46)26-15-24-38(4)22-13-23-39(5)25-16-28-42(8,48)30-18-32-44(10,50)34-20-36-45(11,51)35-19-33-43(9,49)31-17-29-41(7,47)27-14-21-37(2)3/h12,21,23-24,46-51H,1,13-20,22,25-36H2,2-11H3. The summed E-state index contributed by atoms with van der Waals surface area (Å²) in [5.74, 6) is 0. The second-order valence-electron chi connectivity index (χ2n) is 18.3. The van der Waals surface area contributed by atoms with Gasteiger partial charge in [0.25, 0.3) is 0 Å². The van der Waals surface area contributed by atoms with Gasteiger partial charge < -0.3 is 30.6 Å². The van der Waals surface area contributed by atoms with E-state index in [9.17, 15) is 30.6 Å². The fourth-order valence-electron chi connectivity index (χ4n) is 6.91. The number of rotatable bonds is 30. The average Bonchev–Trinajstić information content (AvgIpc) is 2.95. The molecule has 0 aliphatic carbocycles.